The molecule has 1 aliphatic carbocycles. The van der Waals surface area contributed by atoms with Gasteiger partial charge in [-0.2, -0.15) is 0 Å². The van der Waals surface area contributed by atoms with Crippen molar-refractivity contribution in [1.82, 2.24) is 25.3 Å². The van der Waals surface area contributed by atoms with Crippen LogP contribution in [0, 0.1) is 5.82 Å². The highest BCUT2D eigenvalue weighted by atomic mass is 19.1. The number of rotatable bonds is 7. The SMILES string of the molecule is CNC(=O)c1ccnc2c(CCNc3cc(-c4ccnc(C5CC5)c4)ncn3)ccc(F)c12. The van der Waals surface area contributed by atoms with E-state index in [1.807, 2.05) is 18.3 Å². The maximum absolute atomic E-state index is 14.5. The Bertz CT molecular complexity index is 1340. The molecule has 8 heteroatoms. The van der Waals surface area contributed by atoms with Crippen LogP contribution >= 0.6 is 0 Å². The van der Waals surface area contributed by atoms with Gasteiger partial charge in [0.05, 0.1) is 16.8 Å². The Kier molecular flexibility index (Phi) is 5.64. The molecule has 0 saturated heterocycles. The van der Waals surface area contributed by atoms with Crippen LogP contribution in [-0.4, -0.2) is 39.4 Å². The van der Waals surface area contributed by atoms with Crippen molar-refractivity contribution >= 4 is 22.6 Å². The molecule has 4 aromatic rings. The molecular weight excluding hydrogens is 419 g/mol. The standard InChI is InChI=1S/C25H23FN6O/c1-27-25(33)18-8-11-30-24-16(4-5-19(26)23(18)24)6-10-29-22-13-21(31-14-32-22)17-7-9-28-20(12-17)15-2-3-15/h4-5,7-9,11-15H,2-3,6,10H2,1H3,(H,27,33)(H,29,31,32). The van der Waals surface area contributed by atoms with E-state index in [2.05, 4.69) is 36.6 Å². The number of halogens is 1. The van der Waals surface area contributed by atoms with Crippen LogP contribution in [0.4, 0.5) is 10.2 Å². The van der Waals surface area contributed by atoms with E-state index in [4.69, 9.17) is 0 Å². The molecule has 0 bridgehead atoms. The summed E-state index contributed by atoms with van der Waals surface area (Å²) in [7, 11) is 1.52. The van der Waals surface area contributed by atoms with Gasteiger partial charge < -0.3 is 10.6 Å². The number of fused-ring (bicyclic) bond motifs is 1. The predicted molar refractivity (Wildman–Crippen MR) is 125 cm³/mol. The van der Waals surface area contributed by atoms with Gasteiger partial charge in [-0.05, 0) is 49.1 Å². The average molecular weight is 442 g/mol. The van der Waals surface area contributed by atoms with E-state index in [-0.39, 0.29) is 16.9 Å². The van der Waals surface area contributed by atoms with E-state index in [1.165, 1.54) is 38.2 Å². The van der Waals surface area contributed by atoms with Crippen molar-refractivity contribution < 1.29 is 9.18 Å². The third kappa shape index (κ3) is 4.37. The lowest BCUT2D eigenvalue weighted by atomic mass is 10.0. The minimum Gasteiger partial charge on any atom is -0.370 e. The van der Waals surface area contributed by atoms with Gasteiger partial charge >= 0.3 is 0 Å². The highest BCUT2D eigenvalue weighted by molar-refractivity contribution is 6.06. The minimum atomic E-state index is -0.461. The highest BCUT2D eigenvalue weighted by Crippen LogP contribution is 2.39. The summed E-state index contributed by atoms with van der Waals surface area (Å²) < 4.78 is 14.5. The number of aromatic nitrogens is 4. The fourth-order valence-electron chi connectivity index (χ4n) is 3.96. The maximum atomic E-state index is 14.5. The second-order valence-corrected chi connectivity index (χ2v) is 8.08. The normalized spacial score (nSPS) is 13.2. The summed E-state index contributed by atoms with van der Waals surface area (Å²) >= 11 is 0. The lowest BCUT2D eigenvalue weighted by Crippen LogP contribution is -2.18. The van der Waals surface area contributed by atoms with Crippen LogP contribution in [0.3, 0.4) is 0 Å². The van der Waals surface area contributed by atoms with E-state index < -0.39 is 5.82 Å². The van der Waals surface area contributed by atoms with Gasteiger partial charge in [-0.1, -0.05) is 6.07 Å². The zero-order chi connectivity index (χ0) is 22.8. The molecule has 33 heavy (non-hydrogen) atoms. The summed E-state index contributed by atoms with van der Waals surface area (Å²) in [5.41, 5.74) is 4.59. The fraction of sp³-hybridized carbons (Fsp3) is 0.240. The number of benzene rings is 1. The third-order valence-electron chi connectivity index (χ3n) is 5.84. The highest BCUT2D eigenvalue weighted by Gasteiger charge is 2.25. The molecule has 3 aromatic heterocycles. The van der Waals surface area contributed by atoms with Gasteiger partial charge in [-0.3, -0.25) is 14.8 Å². The molecule has 2 N–H and O–H groups in total. The van der Waals surface area contributed by atoms with Gasteiger partial charge in [-0.25, -0.2) is 14.4 Å². The second-order valence-electron chi connectivity index (χ2n) is 8.08. The number of carbonyl (C=O) groups excluding carboxylic acids is 1. The van der Waals surface area contributed by atoms with Crippen molar-refractivity contribution in [3.63, 3.8) is 0 Å². The number of hydrogen-bond donors (Lipinski definition) is 2. The molecule has 0 radical (unpaired) electrons. The van der Waals surface area contributed by atoms with Crippen LogP contribution in [-0.2, 0) is 6.42 Å². The Balaban J connectivity index is 1.33. The van der Waals surface area contributed by atoms with Crippen molar-refractivity contribution in [3.05, 3.63) is 77.8 Å². The van der Waals surface area contributed by atoms with Crippen LogP contribution in [0.25, 0.3) is 22.2 Å². The van der Waals surface area contributed by atoms with Gasteiger partial charge in [0.1, 0.15) is 18.0 Å². The second kappa shape index (κ2) is 8.90. The Morgan fingerprint density at radius 1 is 1.06 bits per heavy atom. The number of nitrogens with one attached hydrogen (secondary N) is 2. The molecule has 166 valence electrons. The molecule has 1 aliphatic rings. The molecule has 7 nitrogen and oxygen atoms in total. The monoisotopic (exact) mass is 442 g/mol. The number of amides is 1. The summed E-state index contributed by atoms with van der Waals surface area (Å²) in [6.45, 7) is 0.562. The zero-order valence-corrected chi connectivity index (χ0v) is 18.2. The largest absolute Gasteiger partial charge is 0.370 e. The number of carbonyl (C=O) groups is 1. The minimum absolute atomic E-state index is 0.239. The fourth-order valence-corrected chi connectivity index (χ4v) is 3.96. The van der Waals surface area contributed by atoms with Crippen LogP contribution < -0.4 is 10.6 Å². The predicted octanol–water partition coefficient (Wildman–Crippen LogP) is 4.12. The smallest absolute Gasteiger partial charge is 0.251 e. The third-order valence-corrected chi connectivity index (χ3v) is 5.84. The first-order valence-electron chi connectivity index (χ1n) is 10.9. The van der Waals surface area contributed by atoms with Gasteiger partial charge in [0.15, 0.2) is 0 Å². The molecule has 0 aliphatic heterocycles. The number of nitrogens with zero attached hydrogens (tertiary/aromatic N) is 4. The van der Waals surface area contributed by atoms with Crippen molar-refractivity contribution in [2.24, 2.45) is 0 Å². The van der Waals surface area contributed by atoms with E-state index in [9.17, 15) is 9.18 Å². The summed E-state index contributed by atoms with van der Waals surface area (Å²) in [6.07, 6.45) is 7.89. The zero-order valence-electron chi connectivity index (χ0n) is 18.2. The summed E-state index contributed by atoms with van der Waals surface area (Å²) in [4.78, 5) is 29.7. The summed E-state index contributed by atoms with van der Waals surface area (Å²) in [5, 5.41) is 6.10. The van der Waals surface area contributed by atoms with E-state index >= 15 is 0 Å². The Labute approximate surface area is 190 Å². The summed E-state index contributed by atoms with van der Waals surface area (Å²) in [5.74, 6) is 0.477. The first-order chi connectivity index (χ1) is 16.1. The van der Waals surface area contributed by atoms with E-state index in [0.29, 0.717) is 30.2 Å². The number of hydrogen-bond acceptors (Lipinski definition) is 6. The molecule has 1 fully saturated rings. The Hall–Kier alpha value is -3.94. The van der Waals surface area contributed by atoms with Crippen LogP contribution in [0.2, 0.25) is 0 Å². The lowest BCUT2D eigenvalue weighted by molar-refractivity contribution is 0.0964. The topological polar surface area (TPSA) is 92.7 Å². The Morgan fingerprint density at radius 2 is 1.91 bits per heavy atom. The van der Waals surface area contributed by atoms with Crippen molar-refractivity contribution in [2.75, 3.05) is 18.9 Å². The van der Waals surface area contributed by atoms with Crippen LogP contribution in [0.5, 0.6) is 0 Å². The molecule has 1 aromatic carbocycles. The molecule has 5 rings (SSSR count). The van der Waals surface area contributed by atoms with Crippen molar-refractivity contribution in [2.45, 2.75) is 25.2 Å². The molecule has 0 spiro atoms. The molecular formula is C25H23FN6O. The van der Waals surface area contributed by atoms with Crippen molar-refractivity contribution in [3.8, 4) is 11.3 Å². The van der Waals surface area contributed by atoms with Gasteiger partial charge in [-0.15, -0.1) is 0 Å². The summed E-state index contributed by atoms with van der Waals surface area (Å²) in [6, 6.07) is 10.6. The molecule has 1 saturated carbocycles. The van der Waals surface area contributed by atoms with Gasteiger partial charge in [0, 0.05) is 54.6 Å². The molecule has 0 atom stereocenters. The van der Waals surface area contributed by atoms with Crippen LogP contribution in [0.1, 0.15) is 40.4 Å². The molecule has 3 heterocycles. The Morgan fingerprint density at radius 3 is 2.73 bits per heavy atom. The quantitative estimate of drug-likeness (QED) is 0.447. The van der Waals surface area contributed by atoms with Crippen LogP contribution in [0.15, 0.2) is 55.1 Å². The number of anilines is 1. The average Bonchev–Trinajstić information content (AvgIpc) is 3.71. The lowest BCUT2D eigenvalue weighted by Gasteiger charge is -2.11. The van der Waals surface area contributed by atoms with E-state index in [1.54, 1.807) is 12.4 Å². The van der Waals surface area contributed by atoms with Gasteiger partial charge in [0.25, 0.3) is 5.91 Å². The maximum Gasteiger partial charge on any atom is 0.251 e. The molecule has 1 amide bonds. The van der Waals surface area contributed by atoms with Gasteiger partial charge in [0.2, 0.25) is 0 Å². The first-order valence-corrected chi connectivity index (χ1v) is 10.9. The van der Waals surface area contributed by atoms with Crippen molar-refractivity contribution in [1.29, 1.82) is 0 Å². The van der Waals surface area contributed by atoms with E-state index in [0.717, 1.165) is 22.5 Å². The number of pyridine rings is 2. The molecule has 0 unspecified atom stereocenters. The first kappa shape index (κ1) is 20.9.